The minimum Gasteiger partial charge on any atom is -0.489 e. The summed E-state index contributed by atoms with van der Waals surface area (Å²) >= 11 is 0. The SMILES string of the molecule is Cn1c(C(N)c2ccc(C(=N)N)cc2)nc2cc(OCc3ccccc3)ccc21. The molecule has 5 N–H and O–H groups in total. The zero-order valence-electron chi connectivity index (χ0n) is 16.2. The Hall–Kier alpha value is -3.64. The van der Waals surface area contributed by atoms with E-state index in [-0.39, 0.29) is 11.9 Å². The standard InChI is InChI=1S/C23H23N5O/c1-28-20-12-11-18(29-14-15-5-3-2-4-6-15)13-19(20)27-23(28)21(24)16-7-9-17(10-8-16)22(25)26/h2-13,21H,14,24H2,1H3,(H3,25,26). The number of nitrogen functional groups attached to an aromatic ring is 1. The first-order valence-electron chi connectivity index (χ1n) is 9.36. The first-order valence-corrected chi connectivity index (χ1v) is 9.36. The number of fused-ring (bicyclic) bond motifs is 1. The zero-order chi connectivity index (χ0) is 20.4. The van der Waals surface area contributed by atoms with Gasteiger partial charge in [-0.1, -0.05) is 54.6 Å². The molecule has 0 bridgehead atoms. The van der Waals surface area contributed by atoms with Gasteiger partial charge in [-0.3, -0.25) is 5.41 Å². The van der Waals surface area contributed by atoms with Crippen molar-refractivity contribution in [2.75, 3.05) is 0 Å². The minimum absolute atomic E-state index is 0.0379. The molecule has 0 amide bonds. The Balaban J connectivity index is 1.58. The second-order valence-corrected chi connectivity index (χ2v) is 6.97. The molecule has 0 aliphatic carbocycles. The predicted octanol–water partition coefficient (Wildman–Crippen LogP) is 3.48. The molecule has 6 nitrogen and oxygen atoms in total. The van der Waals surface area contributed by atoms with Crippen molar-refractivity contribution in [3.63, 3.8) is 0 Å². The number of nitrogens with zero attached hydrogens (tertiary/aromatic N) is 2. The summed E-state index contributed by atoms with van der Waals surface area (Å²) in [6.45, 7) is 0.508. The number of hydrogen-bond acceptors (Lipinski definition) is 4. The summed E-state index contributed by atoms with van der Waals surface area (Å²) < 4.78 is 7.92. The number of imidazole rings is 1. The van der Waals surface area contributed by atoms with Gasteiger partial charge in [0.05, 0.1) is 17.1 Å². The highest BCUT2D eigenvalue weighted by molar-refractivity contribution is 5.94. The van der Waals surface area contributed by atoms with Crippen LogP contribution in [0.15, 0.2) is 72.8 Å². The van der Waals surface area contributed by atoms with Crippen LogP contribution < -0.4 is 16.2 Å². The Labute approximate surface area is 169 Å². The molecule has 0 radical (unpaired) electrons. The molecule has 0 fully saturated rings. The lowest BCUT2D eigenvalue weighted by molar-refractivity contribution is 0.306. The van der Waals surface area contributed by atoms with Gasteiger partial charge in [0.25, 0.3) is 0 Å². The quantitative estimate of drug-likeness (QED) is 0.349. The minimum atomic E-state index is -0.387. The molecule has 29 heavy (non-hydrogen) atoms. The van der Waals surface area contributed by atoms with Crippen LogP contribution in [0.1, 0.15) is 28.6 Å². The molecule has 3 aromatic carbocycles. The Morgan fingerprint density at radius 3 is 2.48 bits per heavy atom. The van der Waals surface area contributed by atoms with Crippen molar-refractivity contribution < 1.29 is 4.74 Å². The average molecular weight is 385 g/mol. The molecule has 1 heterocycles. The van der Waals surface area contributed by atoms with E-state index >= 15 is 0 Å². The summed E-state index contributed by atoms with van der Waals surface area (Å²) in [4.78, 5) is 4.75. The number of aryl methyl sites for hydroxylation is 1. The van der Waals surface area contributed by atoms with E-state index < -0.39 is 0 Å². The number of aromatic nitrogens is 2. The molecule has 146 valence electrons. The monoisotopic (exact) mass is 385 g/mol. The maximum atomic E-state index is 7.51. The Bertz CT molecular complexity index is 1150. The van der Waals surface area contributed by atoms with Gasteiger partial charge in [0.1, 0.15) is 24.0 Å². The summed E-state index contributed by atoms with van der Waals surface area (Å²) in [6, 6.07) is 22.9. The molecule has 6 heteroatoms. The van der Waals surface area contributed by atoms with Crippen molar-refractivity contribution in [3.05, 3.63) is 95.3 Å². The van der Waals surface area contributed by atoms with Crippen LogP contribution in [0.25, 0.3) is 11.0 Å². The number of amidine groups is 1. The molecular weight excluding hydrogens is 362 g/mol. The van der Waals surface area contributed by atoms with Crippen LogP contribution in [0.2, 0.25) is 0 Å². The van der Waals surface area contributed by atoms with E-state index in [2.05, 4.69) is 0 Å². The van der Waals surface area contributed by atoms with Crippen LogP contribution in [-0.2, 0) is 13.7 Å². The molecule has 1 atom stereocenters. The number of nitrogens with one attached hydrogen (secondary N) is 1. The molecular formula is C23H23N5O. The molecule has 4 rings (SSSR count). The van der Waals surface area contributed by atoms with Gasteiger partial charge in [-0.15, -0.1) is 0 Å². The number of hydrogen-bond donors (Lipinski definition) is 3. The summed E-state index contributed by atoms with van der Waals surface area (Å²) in [5.41, 5.74) is 16.5. The lowest BCUT2D eigenvalue weighted by atomic mass is 10.0. The largest absolute Gasteiger partial charge is 0.489 e. The van der Waals surface area contributed by atoms with Gasteiger partial charge in [-0.25, -0.2) is 4.98 Å². The van der Waals surface area contributed by atoms with Crippen molar-refractivity contribution in [3.8, 4) is 5.75 Å². The molecule has 1 aromatic heterocycles. The van der Waals surface area contributed by atoms with E-state index in [0.29, 0.717) is 12.2 Å². The summed E-state index contributed by atoms with van der Waals surface area (Å²) in [7, 11) is 1.96. The maximum absolute atomic E-state index is 7.51. The Kier molecular flexibility index (Phi) is 5.01. The smallest absolute Gasteiger partial charge is 0.131 e. The van der Waals surface area contributed by atoms with Crippen molar-refractivity contribution in [2.45, 2.75) is 12.6 Å². The van der Waals surface area contributed by atoms with Gasteiger partial charge < -0.3 is 20.8 Å². The first-order chi connectivity index (χ1) is 14.0. The highest BCUT2D eigenvalue weighted by atomic mass is 16.5. The fourth-order valence-electron chi connectivity index (χ4n) is 3.33. The average Bonchev–Trinajstić information content (AvgIpc) is 3.08. The third kappa shape index (κ3) is 3.83. The molecule has 0 aliphatic heterocycles. The van der Waals surface area contributed by atoms with Gasteiger partial charge >= 0.3 is 0 Å². The molecule has 0 saturated heterocycles. The molecule has 0 saturated carbocycles. The Morgan fingerprint density at radius 2 is 1.79 bits per heavy atom. The number of nitrogens with two attached hydrogens (primary N) is 2. The lowest BCUT2D eigenvalue weighted by Crippen LogP contribution is -2.17. The van der Waals surface area contributed by atoms with E-state index in [1.807, 2.05) is 72.3 Å². The molecule has 0 spiro atoms. The first kappa shape index (κ1) is 18.7. The van der Waals surface area contributed by atoms with Gasteiger partial charge in [0, 0.05) is 18.7 Å². The summed E-state index contributed by atoms with van der Waals surface area (Å²) in [5, 5.41) is 7.51. The van der Waals surface area contributed by atoms with Crippen LogP contribution in [0.3, 0.4) is 0 Å². The van der Waals surface area contributed by atoms with Crippen molar-refractivity contribution in [1.82, 2.24) is 9.55 Å². The summed E-state index contributed by atoms with van der Waals surface area (Å²) in [6.07, 6.45) is 0. The highest BCUT2D eigenvalue weighted by Gasteiger charge is 2.17. The van der Waals surface area contributed by atoms with E-state index in [1.54, 1.807) is 12.1 Å². The van der Waals surface area contributed by atoms with Crippen LogP contribution in [0, 0.1) is 5.41 Å². The Morgan fingerprint density at radius 1 is 1.07 bits per heavy atom. The normalized spacial score (nSPS) is 12.1. The van der Waals surface area contributed by atoms with Crippen LogP contribution >= 0.6 is 0 Å². The number of rotatable bonds is 6. The number of benzene rings is 3. The zero-order valence-corrected chi connectivity index (χ0v) is 16.2. The topological polar surface area (TPSA) is 103 Å². The fourth-order valence-corrected chi connectivity index (χ4v) is 3.33. The highest BCUT2D eigenvalue weighted by Crippen LogP contribution is 2.26. The third-order valence-electron chi connectivity index (χ3n) is 4.99. The summed E-state index contributed by atoms with van der Waals surface area (Å²) in [5.74, 6) is 1.57. The van der Waals surface area contributed by atoms with Gasteiger partial charge in [0.2, 0.25) is 0 Å². The third-order valence-corrected chi connectivity index (χ3v) is 4.99. The second-order valence-electron chi connectivity index (χ2n) is 6.97. The van der Waals surface area contributed by atoms with Crippen LogP contribution in [0.4, 0.5) is 0 Å². The molecule has 0 aliphatic rings. The van der Waals surface area contributed by atoms with Crippen LogP contribution in [0.5, 0.6) is 5.75 Å². The number of ether oxygens (including phenoxy) is 1. The van der Waals surface area contributed by atoms with Gasteiger partial charge in [0.15, 0.2) is 0 Å². The van der Waals surface area contributed by atoms with Crippen molar-refractivity contribution in [2.24, 2.45) is 18.5 Å². The van der Waals surface area contributed by atoms with Crippen LogP contribution in [-0.4, -0.2) is 15.4 Å². The predicted molar refractivity (Wildman–Crippen MR) is 115 cm³/mol. The van der Waals surface area contributed by atoms with Gasteiger partial charge in [-0.2, -0.15) is 0 Å². The van der Waals surface area contributed by atoms with E-state index in [9.17, 15) is 0 Å². The van der Waals surface area contributed by atoms with E-state index in [1.165, 1.54) is 0 Å². The lowest BCUT2D eigenvalue weighted by Gasteiger charge is -2.12. The molecule has 4 aromatic rings. The second kappa shape index (κ2) is 7.77. The fraction of sp³-hybridized carbons (Fsp3) is 0.130. The van der Waals surface area contributed by atoms with E-state index in [4.69, 9.17) is 26.6 Å². The van der Waals surface area contributed by atoms with Gasteiger partial charge in [-0.05, 0) is 23.3 Å². The molecule has 1 unspecified atom stereocenters. The maximum Gasteiger partial charge on any atom is 0.131 e. The van der Waals surface area contributed by atoms with Crippen molar-refractivity contribution in [1.29, 1.82) is 5.41 Å². The van der Waals surface area contributed by atoms with Crippen molar-refractivity contribution >= 4 is 16.9 Å². The van der Waals surface area contributed by atoms with E-state index in [0.717, 1.165) is 33.7 Å².